The van der Waals surface area contributed by atoms with Crippen molar-refractivity contribution < 1.29 is 9.59 Å². The van der Waals surface area contributed by atoms with E-state index in [9.17, 15) is 9.59 Å². The lowest BCUT2D eigenvalue weighted by molar-refractivity contribution is -0.130. The molecule has 0 unspecified atom stereocenters. The van der Waals surface area contributed by atoms with Gasteiger partial charge in [0.15, 0.2) is 0 Å². The summed E-state index contributed by atoms with van der Waals surface area (Å²) in [7, 11) is 0. The van der Waals surface area contributed by atoms with Crippen molar-refractivity contribution in [3.05, 3.63) is 5.01 Å². The van der Waals surface area contributed by atoms with Crippen LogP contribution in [0.4, 0.5) is 5.13 Å². The highest BCUT2D eigenvalue weighted by Crippen LogP contribution is 2.14. The minimum Gasteiger partial charge on any atom is -0.347 e. The fourth-order valence-electron chi connectivity index (χ4n) is 0.936. The third-order valence-corrected chi connectivity index (χ3v) is 2.62. The summed E-state index contributed by atoms with van der Waals surface area (Å²) in [6, 6.07) is 0. The number of nitrogens with zero attached hydrogens (tertiary/aromatic N) is 2. The Kier molecular flexibility index (Phi) is 4.17. The lowest BCUT2D eigenvalue weighted by atomic mass is 9.96. The Hall–Kier alpha value is -1.50. The number of aryl methyl sites for hydroxylation is 1. The van der Waals surface area contributed by atoms with Gasteiger partial charge in [0.2, 0.25) is 16.9 Å². The fourth-order valence-corrected chi connectivity index (χ4v) is 1.54. The minimum atomic E-state index is -0.500. The molecule has 0 atom stereocenters. The van der Waals surface area contributed by atoms with Crippen molar-refractivity contribution in [3.8, 4) is 0 Å². The molecule has 0 radical (unpaired) electrons. The summed E-state index contributed by atoms with van der Waals surface area (Å²) in [5.41, 5.74) is -0.500. The SMILES string of the molecule is Cc1nnc(NC(=O)CNC(=O)C(C)(C)C)s1. The van der Waals surface area contributed by atoms with Gasteiger partial charge in [-0.05, 0) is 6.92 Å². The molecular formula is C10H16N4O2S. The fraction of sp³-hybridized carbons (Fsp3) is 0.600. The molecular weight excluding hydrogens is 240 g/mol. The quantitative estimate of drug-likeness (QED) is 0.843. The van der Waals surface area contributed by atoms with E-state index in [0.29, 0.717) is 5.13 Å². The first-order valence-corrected chi connectivity index (χ1v) is 5.99. The minimum absolute atomic E-state index is 0.0608. The van der Waals surface area contributed by atoms with Crippen molar-refractivity contribution in [2.24, 2.45) is 5.41 Å². The second-order valence-corrected chi connectivity index (χ2v) is 5.79. The molecule has 94 valence electrons. The normalized spacial score (nSPS) is 11.1. The van der Waals surface area contributed by atoms with Crippen LogP contribution in [0.25, 0.3) is 0 Å². The van der Waals surface area contributed by atoms with Crippen molar-refractivity contribution >= 4 is 28.3 Å². The largest absolute Gasteiger partial charge is 0.347 e. The lowest BCUT2D eigenvalue weighted by Gasteiger charge is -2.16. The molecule has 0 bridgehead atoms. The highest BCUT2D eigenvalue weighted by molar-refractivity contribution is 7.15. The maximum atomic E-state index is 11.5. The maximum Gasteiger partial charge on any atom is 0.245 e. The number of hydrogen-bond acceptors (Lipinski definition) is 5. The molecule has 0 saturated carbocycles. The zero-order valence-corrected chi connectivity index (χ0v) is 11.1. The van der Waals surface area contributed by atoms with Gasteiger partial charge in [0, 0.05) is 5.41 Å². The number of hydrogen-bond donors (Lipinski definition) is 2. The maximum absolute atomic E-state index is 11.5. The highest BCUT2D eigenvalue weighted by Gasteiger charge is 2.21. The Bertz CT molecular complexity index is 422. The molecule has 0 aliphatic heterocycles. The number of anilines is 1. The molecule has 0 aliphatic rings. The van der Waals surface area contributed by atoms with Gasteiger partial charge < -0.3 is 5.32 Å². The van der Waals surface area contributed by atoms with E-state index in [1.54, 1.807) is 27.7 Å². The van der Waals surface area contributed by atoms with E-state index >= 15 is 0 Å². The van der Waals surface area contributed by atoms with Crippen molar-refractivity contribution in [1.29, 1.82) is 0 Å². The molecule has 17 heavy (non-hydrogen) atoms. The van der Waals surface area contributed by atoms with Crippen LogP contribution < -0.4 is 10.6 Å². The van der Waals surface area contributed by atoms with Crippen LogP contribution >= 0.6 is 11.3 Å². The van der Waals surface area contributed by atoms with Crippen molar-refractivity contribution in [1.82, 2.24) is 15.5 Å². The average molecular weight is 256 g/mol. The first-order chi connectivity index (χ1) is 7.79. The molecule has 1 aromatic heterocycles. The number of carbonyl (C=O) groups excluding carboxylic acids is 2. The molecule has 1 heterocycles. The van der Waals surface area contributed by atoms with E-state index in [-0.39, 0.29) is 18.4 Å². The summed E-state index contributed by atoms with van der Waals surface area (Å²) >= 11 is 1.29. The van der Waals surface area contributed by atoms with Crippen LogP contribution in [0, 0.1) is 12.3 Å². The smallest absolute Gasteiger partial charge is 0.245 e. The average Bonchev–Trinajstić information content (AvgIpc) is 2.58. The highest BCUT2D eigenvalue weighted by atomic mass is 32.1. The Morgan fingerprint density at radius 2 is 1.94 bits per heavy atom. The molecule has 0 aliphatic carbocycles. The van der Waals surface area contributed by atoms with E-state index < -0.39 is 5.41 Å². The summed E-state index contributed by atoms with van der Waals surface area (Å²) in [6.07, 6.45) is 0. The molecule has 0 aromatic carbocycles. The van der Waals surface area contributed by atoms with E-state index in [1.165, 1.54) is 11.3 Å². The summed E-state index contributed by atoms with van der Waals surface area (Å²) in [5.74, 6) is -0.472. The van der Waals surface area contributed by atoms with Gasteiger partial charge in [-0.3, -0.25) is 14.9 Å². The zero-order valence-electron chi connectivity index (χ0n) is 10.3. The third-order valence-electron chi connectivity index (χ3n) is 1.86. The predicted octanol–water partition coefficient (Wildman–Crippen LogP) is 0.947. The number of carbonyl (C=O) groups is 2. The van der Waals surface area contributed by atoms with Gasteiger partial charge in [-0.15, -0.1) is 10.2 Å². The second kappa shape index (κ2) is 5.22. The number of nitrogens with one attached hydrogen (secondary N) is 2. The molecule has 6 nitrogen and oxygen atoms in total. The van der Waals surface area contributed by atoms with Crippen LogP contribution in [0.2, 0.25) is 0 Å². The Morgan fingerprint density at radius 3 is 2.41 bits per heavy atom. The molecule has 2 N–H and O–H groups in total. The van der Waals surface area contributed by atoms with Crippen LogP contribution in [0.1, 0.15) is 25.8 Å². The van der Waals surface area contributed by atoms with Gasteiger partial charge in [-0.2, -0.15) is 0 Å². The van der Waals surface area contributed by atoms with Crippen molar-refractivity contribution in [2.75, 3.05) is 11.9 Å². The van der Waals surface area contributed by atoms with Gasteiger partial charge in [-0.1, -0.05) is 32.1 Å². The van der Waals surface area contributed by atoms with Crippen LogP contribution in [-0.4, -0.2) is 28.6 Å². The van der Waals surface area contributed by atoms with Gasteiger partial charge in [0.1, 0.15) is 5.01 Å². The number of aromatic nitrogens is 2. The van der Waals surface area contributed by atoms with Gasteiger partial charge >= 0.3 is 0 Å². The molecule has 0 saturated heterocycles. The Balaban J connectivity index is 2.39. The van der Waals surface area contributed by atoms with Crippen LogP contribution in [0.3, 0.4) is 0 Å². The standard InChI is InChI=1S/C10H16N4O2S/c1-6-13-14-9(17-6)12-7(15)5-11-8(16)10(2,3)4/h5H2,1-4H3,(H,11,16)(H,12,14,15). The van der Waals surface area contributed by atoms with Gasteiger partial charge in [-0.25, -0.2) is 0 Å². The number of rotatable bonds is 3. The molecule has 2 amide bonds. The molecule has 0 fully saturated rings. The van der Waals surface area contributed by atoms with E-state index in [1.807, 2.05) is 0 Å². The van der Waals surface area contributed by atoms with E-state index in [4.69, 9.17) is 0 Å². The second-order valence-electron chi connectivity index (χ2n) is 4.61. The van der Waals surface area contributed by atoms with Gasteiger partial charge in [0.05, 0.1) is 6.54 Å². The summed E-state index contributed by atoms with van der Waals surface area (Å²) in [4.78, 5) is 23.0. The number of amides is 2. The topological polar surface area (TPSA) is 84.0 Å². The van der Waals surface area contributed by atoms with E-state index in [0.717, 1.165) is 5.01 Å². The van der Waals surface area contributed by atoms with Gasteiger partial charge in [0.25, 0.3) is 0 Å². The molecule has 1 aromatic rings. The Morgan fingerprint density at radius 1 is 1.29 bits per heavy atom. The lowest BCUT2D eigenvalue weighted by Crippen LogP contribution is -2.39. The molecule has 7 heteroatoms. The van der Waals surface area contributed by atoms with Crippen LogP contribution in [-0.2, 0) is 9.59 Å². The third kappa shape index (κ3) is 4.48. The van der Waals surface area contributed by atoms with Crippen molar-refractivity contribution in [3.63, 3.8) is 0 Å². The van der Waals surface area contributed by atoms with E-state index in [2.05, 4.69) is 20.8 Å². The zero-order chi connectivity index (χ0) is 13.1. The summed E-state index contributed by atoms with van der Waals surface area (Å²) < 4.78 is 0. The molecule has 1 rings (SSSR count). The van der Waals surface area contributed by atoms with Crippen LogP contribution in [0.5, 0.6) is 0 Å². The monoisotopic (exact) mass is 256 g/mol. The van der Waals surface area contributed by atoms with Crippen molar-refractivity contribution in [2.45, 2.75) is 27.7 Å². The Labute approximate surface area is 104 Å². The predicted molar refractivity (Wildman–Crippen MR) is 65.7 cm³/mol. The first-order valence-electron chi connectivity index (χ1n) is 5.17. The molecule has 0 spiro atoms. The summed E-state index contributed by atoms with van der Waals surface area (Å²) in [6.45, 7) is 7.10. The van der Waals surface area contributed by atoms with Crippen LogP contribution in [0.15, 0.2) is 0 Å². The summed E-state index contributed by atoms with van der Waals surface area (Å²) in [5, 5.41) is 13.9. The first kappa shape index (κ1) is 13.6.